The minimum absolute atomic E-state index is 0.0629. The molecule has 5 rings (SSSR count). The first kappa shape index (κ1) is 20.5. The zero-order valence-electron chi connectivity index (χ0n) is 18.3. The van der Waals surface area contributed by atoms with Crippen LogP contribution in [0.1, 0.15) is 42.5 Å². The van der Waals surface area contributed by atoms with Crippen molar-refractivity contribution in [3.8, 4) is 11.5 Å². The number of hydrogen-bond acceptors (Lipinski definition) is 3. The fourth-order valence-corrected chi connectivity index (χ4v) is 4.88. The Balaban J connectivity index is 1.41. The first-order valence-corrected chi connectivity index (χ1v) is 11.6. The third-order valence-corrected chi connectivity index (χ3v) is 6.55. The number of piperidine rings is 2. The van der Waals surface area contributed by atoms with E-state index in [0.29, 0.717) is 18.7 Å². The minimum Gasteiger partial charge on any atom is -0.342 e. The average Bonchev–Trinajstić information content (AvgIpc) is 3.54. The molecule has 32 heavy (non-hydrogen) atoms. The molecule has 1 aromatic carbocycles. The highest BCUT2D eigenvalue weighted by atomic mass is 16.2. The van der Waals surface area contributed by atoms with Crippen LogP contribution in [0, 0.1) is 5.92 Å². The predicted octanol–water partition coefficient (Wildman–Crippen LogP) is 3.53. The van der Waals surface area contributed by atoms with Gasteiger partial charge in [0, 0.05) is 38.6 Å². The lowest BCUT2D eigenvalue weighted by molar-refractivity contribution is -0.137. The van der Waals surface area contributed by atoms with Crippen molar-refractivity contribution >= 4 is 11.8 Å². The molecule has 1 unspecified atom stereocenters. The topological polar surface area (TPSA) is 63.4 Å². The second-order valence-corrected chi connectivity index (χ2v) is 8.70. The number of amides is 2. The zero-order valence-corrected chi connectivity index (χ0v) is 18.3. The van der Waals surface area contributed by atoms with Crippen molar-refractivity contribution in [1.29, 1.82) is 0 Å². The van der Waals surface area contributed by atoms with E-state index in [0.717, 1.165) is 50.3 Å². The number of aromatic nitrogens is 3. The highest BCUT2D eigenvalue weighted by Crippen LogP contribution is 2.26. The van der Waals surface area contributed by atoms with Gasteiger partial charge in [-0.25, -0.2) is 4.68 Å². The minimum atomic E-state index is -0.106. The number of carbonyl (C=O) groups excluding carboxylic acids is 2. The highest BCUT2D eigenvalue weighted by Gasteiger charge is 2.33. The van der Waals surface area contributed by atoms with Gasteiger partial charge in [-0.2, -0.15) is 5.10 Å². The van der Waals surface area contributed by atoms with E-state index < -0.39 is 0 Å². The normalized spacial score (nSPS) is 19.2. The molecule has 7 nitrogen and oxygen atoms in total. The first-order valence-electron chi connectivity index (χ1n) is 11.6. The van der Waals surface area contributed by atoms with Crippen molar-refractivity contribution in [3.05, 3.63) is 66.6 Å². The number of benzene rings is 1. The van der Waals surface area contributed by atoms with Crippen molar-refractivity contribution in [1.82, 2.24) is 24.1 Å². The Kier molecular flexibility index (Phi) is 5.79. The Morgan fingerprint density at radius 2 is 1.56 bits per heavy atom. The molecule has 166 valence electrons. The fourth-order valence-electron chi connectivity index (χ4n) is 4.88. The van der Waals surface area contributed by atoms with E-state index in [9.17, 15) is 9.59 Å². The Labute approximate surface area is 188 Å². The van der Waals surface area contributed by atoms with Gasteiger partial charge in [0.15, 0.2) is 5.82 Å². The molecule has 0 saturated carbocycles. The standard InChI is InChI=1S/C25H29N5O2/c31-24(28-15-5-2-6-16-28)20-10-9-17-29(19-20)25(32)22-18-26-30(21-11-3-1-4-12-21)23(22)27-13-7-8-14-27/h1,3-4,7-8,11-14,18,20H,2,5-6,9-10,15-17,19H2. The third-order valence-electron chi connectivity index (χ3n) is 6.55. The van der Waals surface area contributed by atoms with E-state index in [2.05, 4.69) is 5.10 Å². The summed E-state index contributed by atoms with van der Waals surface area (Å²) in [6.45, 7) is 2.86. The summed E-state index contributed by atoms with van der Waals surface area (Å²) >= 11 is 0. The second-order valence-electron chi connectivity index (χ2n) is 8.70. The number of hydrogen-bond donors (Lipinski definition) is 0. The van der Waals surface area contributed by atoms with Gasteiger partial charge in [0.2, 0.25) is 5.91 Å². The summed E-state index contributed by atoms with van der Waals surface area (Å²) in [5.41, 5.74) is 1.45. The summed E-state index contributed by atoms with van der Waals surface area (Å²) in [6, 6.07) is 13.7. The molecule has 0 spiro atoms. The summed E-state index contributed by atoms with van der Waals surface area (Å²) in [4.78, 5) is 30.6. The van der Waals surface area contributed by atoms with Gasteiger partial charge in [-0.1, -0.05) is 18.2 Å². The monoisotopic (exact) mass is 431 g/mol. The van der Waals surface area contributed by atoms with E-state index in [1.807, 2.05) is 69.2 Å². The Morgan fingerprint density at radius 1 is 0.844 bits per heavy atom. The molecule has 2 aliphatic rings. The van der Waals surface area contributed by atoms with Crippen LogP contribution in [-0.2, 0) is 4.79 Å². The highest BCUT2D eigenvalue weighted by molar-refractivity contribution is 5.97. The lowest BCUT2D eigenvalue weighted by Gasteiger charge is -2.36. The zero-order chi connectivity index (χ0) is 21.9. The van der Waals surface area contributed by atoms with Crippen LogP contribution in [0.5, 0.6) is 0 Å². The van der Waals surface area contributed by atoms with E-state index >= 15 is 0 Å². The molecule has 0 aliphatic carbocycles. The average molecular weight is 432 g/mol. The Hall–Kier alpha value is -3.35. The molecular weight excluding hydrogens is 402 g/mol. The molecule has 0 radical (unpaired) electrons. The number of carbonyl (C=O) groups is 2. The first-order chi connectivity index (χ1) is 15.7. The van der Waals surface area contributed by atoms with Gasteiger partial charge in [0.05, 0.1) is 17.8 Å². The number of rotatable bonds is 4. The second kappa shape index (κ2) is 9.02. The number of para-hydroxylation sites is 1. The lowest BCUT2D eigenvalue weighted by Crippen LogP contribution is -2.48. The van der Waals surface area contributed by atoms with Gasteiger partial charge in [-0.15, -0.1) is 0 Å². The SMILES string of the molecule is O=C(c1cnn(-c2ccccc2)c1-n1cccc1)N1CCCC(C(=O)N2CCCCC2)C1. The molecule has 2 amide bonds. The molecule has 2 fully saturated rings. The molecule has 2 aromatic heterocycles. The van der Waals surface area contributed by atoms with E-state index in [1.165, 1.54) is 6.42 Å². The van der Waals surface area contributed by atoms with Gasteiger partial charge in [-0.05, 0) is 56.4 Å². The van der Waals surface area contributed by atoms with Gasteiger partial charge in [0.25, 0.3) is 5.91 Å². The van der Waals surface area contributed by atoms with Crippen molar-refractivity contribution in [3.63, 3.8) is 0 Å². The molecule has 1 atom stereocenters. The summed E-state index contributed by atoms with van der Waals surface area (Å²) in [5, 5.41) is 4.56. The predicted molar refractivity (Wildman–Crippen MR) is 122 cm³/mol. The third kappa shape index (κ3) is 3.95. The molecule has 7 heteroatoms. The fraction of sp³-hybridized carbons (Fsp3) is 0.400. The molecule has 0 N–H and O–H groups in total. The maximum atomic E-state index is 13.6. The van der Waals surface area contributed by atoms with Crippen molar-refractivity contribution in [2.24, 2.45) is 5.92 Å². The van der Waals surface area contributed by atoms with Crippen molar-refractivity contribution in [2.75, 3.05) is 26.2 Å². The smallest absolute Gasteiger partial charge is 0.259 e. The van der Waals surface area contributed by atoms with Crippen LogP contribution < -0.4 is 0 Å². The lowest BCUT2D eigenvalue weighted by atomic mass is 9.95. The molecule has 3 aromatic rings. The van der Waals surface area contributed by atoms with Crippen molar-refractivity contribution in [2.45, 2.75) is 32.1 Å². The Bertz CT molecular complexity index is 1070. The van der Waals surface area contributed by atoms with E-state index in [-0.39, 0.29) is 17.7 Å². The van der Waals surface area contributed by atoms with Gasteiger partial charge < -0.3 is 14.4 Å². The summed E-state index contributed by atoms with van der Waals surface area (Å²) in [7, 11) is 0. The van der Waals surface area contributed by atoms with Crippen LogP contribution in [0.2, 0.25) is 0 Å². The Morgan fingerprint density at radius 3 is 2.31 bits per heavy atom. The van der Waals surface area contributed by atoms with Gasteiger partial charge in [-0.3, -0.25) is 9.59 Å². The van der Waals surface area contributed by atoms with Crippen LogP contribution in [0.25, 0.3) is 11.5 Å². The maximum absolute atomic E-state index is 13.6. The van der Waals surface area contributed by atoms with E-state index in [1.54, 1.807) is 10.9 Å². The molecule has 2 saturated heterocycles. The molecule has 4 heterocycles. The largest absolute Gasteiger partial charge is 0.342 e. The summed E-state index contributed by atoms with van der Waals surface area (Å²) < 4.78 is 3.72. The van der Waals surface area contributed by atoms with Crippen LogP contribution in [0.3, 0.4) is 0 Å². The van der Waals surface area contributed by atoms with Crippen LogP contribution in [-0.4, -0.2) is 62.1 Å². The van der Waals surface area contributed by atoms with Gasteiger partial charge in [0.1, 0.15) is 5.56 Å². The van der Waals surface area contributed by atoms with Crippen LogP contribution >= 0.6 is 0 Å². The van der Waals surface area contributed by atoms with Crippen LogP contribution in [0.4, 0.5) is 0 Å². The molecular formula is C25H29N5O2. The molecule has 0 bridgehead atoms. The van der Waals surface area contributed by atoms with E-state index in [4.69, 9.17) is 0 Å². The summed E-state index contributed by atoms with van der Waals surface area (Å²) in [5.74, 6) is 0.764. The number of likely N-dealkylation sites (tertiary alicyclic amines) is 2. The van der Waals surface area contributed by atoms with Crippen LogP contribution in [0.15, 0.2) is 61.1 Å². The molecule has 2 aliphatic heterocycles. The summed E-state index contributed by atoms with van der Waals surface area (Å²) in [6.07, 6.45) is 10.6. The number of nitrogens with zero attached hydrogens (tertiary/aromatic N) is 5. The van der Waals surface area contributed by atoms with Crippen molar-refractivity contribution < 1.29 is 9.59 Å². The quantitative estimate of drug-likeness (QED) is 0.635. The van der Waals surface area contributed by atoms with Gasteiger partial charge >= 0.3 is 0 Å². The maximum Gasteiger partial charge on any atom is 0.259 e.